The molecule has 1 fully saturated rings. The number of likely N-dealkylation sites (N-methyl/N-ethyl adjacent to an activating group) is 1. The molecular weight excluding hydrogens is 336 g/mol. The van der Waals surface area contributed by atoms with Crippen molar-refractivity contribution in [1.82, 2.24) is 19.9 Å². The Kier molecular flexibility index (Phi) is 5.25. The standard InChI is InChI=1S/C21H24N6/c1-26-11-13-27(14-12-26)20-15-19(23-16-18-9-5-6-10-22-18)24-21(25-20)17-7-3-2-4-8-17/h2-10,15H,11-14,16H2,1H3,(H,23,24,25). The molecule has 0 radical (unpaired) electrons. The second kappa shape index (κ2) is 8.14. The molecular formula is C21H24N6. The quantitative estimate of drug-likeness (QED) is 0.755. The molecule has 0 spiro atoms. The van der Waals surface area contributed by atoms with Crippen molar-refractivity contribution in [2.24, 2.45) is 0 Å². The summed E-state index contributed by atoms with van der Waals surface area (Å²) in [7, 11) is 2.16. The Morgan fingerprint density at radius 3 is 2.44 bits per heavy atom. The monoisotopic (exact) mass is 360 g/mol. The van der Waals surface area contributed by atoms with Gasteiger partial charge < -0.3 is 15.1 Å². The van der Waals surface area contributed by atoms with Gasteiger partial charge in [0.15, 0.2) is 5.82 Å². The van der Waals surface area contributed by atoms with Crippen molar-refractivity contribution in [3.8, 4) is 11.4 Å². The summed E-state index contributed by atoms with van der Waals surface area (Å²) in [5.74, 6) is 2.54. The molecule has 0 aliphatic carbocycles. The van der Waals surface area contributed by atoms with Crippen LogP contribution in [-0.2, 0) is 6.54 Å². The third-order valence-corrected chi connectivity index (χ3v) is 4.75. The highest BCUT2D eigenvalue weighted by Crippen LogP contribution is 2.23. The minimum absolute atomic E-state index is 0.633. The van der Waals surface area contributed by atoms with Gasteiger partial charge in [-0.05, 0) is 19.2 Å². The second-order valence-corrected chi connectivity index (χ2v) is 6.77. The van der Waals surface area contributed by atoms with Crippen LogP contribution in [0.3, 0.4) is 0 Å². The van der Waals surface area contributed by atoms with Crippen LogP contribution < -0.4 is 10.2 Å². The topological polar surface area (TPSA) is 57.2 Å². The summed E-state index contributed by atoms with van der Waals surface area (Å²) >= 11 is 0. The predicted octanol–water partition coefficient (Wildman–Crippen LogP) is 2.90. The number of hydrogen-bond acceptors (Lipinski definition) is 6. The molecule has 0 amide bonds. The predicted molar refractivity (Wildman–Crippen MR) is 109 cm³/mol. The number of rotatable bonds is 5. The van der Waals surface area contributed by atoms with Gasteiger partial charge in [-0.2, -0.15) is 0 Å². The minimum Gasteiger partial charge on any atom is -0.364 e. The fourth-order valence-corrected chi connectivity index (χ4v) is 3.12. The van der Waals surface area contributed by atoms with Crippen LogP contribution in [0.1, 0.15) is 5.69 Å². The highest BCUT2D eigenvalue weighted by molar-refractivity contribution is 5.61. The fraction of sp³-hybridized carbons (Fsp3) is 0.286. The first-order valence-corrected chi connectivity index (χ1v) is 9.30. The van der Waals surface area contributed by atoms with Crippen LogP contribution in [-0.4, -0.2) is 53.1 Å². The highest BCUT2D eigenvalue weighted by atomic mass is 15.3. The molecule has 3 heterocycles. The van der Waals surface area contributed by atoms with E-state index in [9.17, 15) is 0 Å². The highest BCUT2D eigenvalue weighted by Gasteiger charge is 2.17. The van der Waals surface area contributed by atoms with Gasteiger partial charge in [0.25, 0.3) is 0 Å². The van der Waals surface area contributed by atoms with E-state index < -0.39 is 0 Å². The van der Waals surface area contributed by atoms with Crippen molar-refractivity contribution in [2.75, 3.05) is 43.4 Å². The third kappa shape index (κ3) is 4.41. The van der Waals surface area contributed by atoms with Crippen molar-refractivity contribution in [3.05, 3.63) is 66.5 Å². The van der Waals surface area contributed by atoms with E-state index in [-0.39, 0.29) is 0 Å². The van der Waals surface area contributed by atoms with E-state index in [1.54, 1.807) is 0 Å². The van der Waals surface area contributed by atoms with Gasteiger partial charge in [0.1, 0.15) is 11.6 Å². The zero-order valence-electron chi connectivity index (χ0n) is 15.5. The number of anilines is 2. The second-order valence-electron chi connectivity index (χ2n) is 6.77. The maximum absolute atomic E-state index is 4.85. The molecule has 1 aromatic carbocycles. The fourth-order valence-electron chi connectivity index (χ4n) is 3.12. The van der Waals surface area contributed by atoms with Gasteiger partial charge in [0.05, 0.1) is 12.2 Å². The molecule has 6 nitrogen and oxygen atoms in total. The van der Waals surface area contributed by atoms with Gasteiger partial charge >= 0.3 is 0 Å². The summed E-state index contributed by atoms with van der Waals surface area (Å²) in [6.45, 7) is 4.67. The first kappa shape index (κ1) is 17.4. The van der Waals surface area contributed by atoms with E-state index in [4.69, 9.17) is 9.97 Å². The Hall–Kier alpha value is -2.99. The lowest BCUT2D eigenvalue weighted by Crippen LogP contribution is -2.44. The lowest BCUT2D eigenvalue weighted by molar-refractivity contribution is 0.312. The zero-order valence-corrected chi connectivity index (χ0v) is 15.5. The summed E-state index contributed by atoms with van der Waals surface area (Å²) in [5, 5.41) is 3.41. The minimum atomic E-state index is 0.633. The summed E-state index contributed by atoms with van der Waals surface area (Å²) in [5.41, 5.74) is 2.01. The molecule has 27 heavy (non-hydrogen) atoms. The molecule has 0 unspecified atom stereocenters. The van der Waals surface area contributed by atoms with Crippen molar-refractivity contribution < 1.29 is 0 Å². The number of nitrogens with zero attached hydrogens (tertiary/aromatic N) is 5. The molecule has 0 bridgehead atoms. The first-order valence-electron chi connectivity index (χ1n) is 9.30. The van der Waals surface area contributed by atoms with E-state index >= 15 is 0 Å². The van der Waals surface area contributed by atoms with Crippen LogP contribution in [0.4, 0.5) is 11.6 Å². The van der Waals surface area contributed by atoms with Crippen molar-refractivity contribution in [3.63, 3.8) is 0 Å². The van der Waals surface area contributed by atoms with Gasteiger partial charge in [0, 0.05) is 44.0 Å². The number of nitrogens with one attached hydrogen (secondary N) is 1. The Bertz CT molecular complexity index is 860. The average molecular weight is 360 g/mol. The molecule has 2 aromatic heterocycles. The average Bonchev–Trinajstić information content (AvgIpc) is 2.74. The molecule has 4 rings (SSSR count). The van der Waals surface area contributed by atoms with Crippen LogP contribution >= 0.6 is 0 Å². The molecule has 0 saturated carbocycles. The maximum Gasteiger partial charge on any atom is 0.163 e. The van der Waals surface area contributed by atoms with Gasteiger partial charge in [-0.1, -0.05) is 36.4 Å². The lowest BCUT2D eigenvalue weighted by Gasteiger charge is -2.33. The third-order valence-electron chi connectivity index (χ3n) is 4.75. The van der Waals surface area contributed by atoms with Crippen LogP contribution in [0.25, 0.3) is 11.4 Å². The summed E-state index contributed by atoms with van der Waals surface area (Å²) in [6, 6.07) is 18.1. The number of aromatic nitrogens is 3. The Labute approximate surface area is 159 Å². The summed E-state index contributed by atoms with van der Waals surface area (Å²) in [4.78, 5) is 18.6. The van der Waals surface area contributed by atoms with E-state index in [0.29, 0.717) is 6.54 Å². The number of benzene rings is 1. The zero-order chi connectivity index (χ0) is 18.5. The number of hydrogen-bond donors (Lipinski definition) is 1. The van der Waals surface area contributed by atoms with E-state index in [2.05, 4.69) is 27.1 Å². The van der Waals surface area contributed by atoms with E-state index in [1.165, 1.54) is 0 Å². The summed E-state index contributed by atoms with van der Waals surface area (Å²) in [6.07, 6.45) is 1.81. The summed E-state index contributed by atoms with van der Waals surface area (Å²) < 4.78 is 0. The van der Waals surface area contributed by atoms with Crippen LogP contribution in [0.2, 0.25) is 0 Å². The molecule has 1 N–H and O–H groups in total. The maximum atomic E-state index is 4.85. The van der Waals surface area contributed by atoms with Gasteiger partial charge in [-0.3, -0.25) is 4.98 Å². The van der Waals surface area contributed by atoms with Crippen molar-refractivity contribution in [1.29, 1.82) is 0 Å². The molecule has 1 aliphatic rings. The van der Waals surface area contributed by atoms with Gasteiger partial charge in [-0.25, -0.2) is 9.97 Å². The Morgan fingerprint density at radius 1 is 0.926 bits per heavy atom. The Balaban J connectivity index is 1.62. The smallest absolute Gasteiger partial charge is 0.163 e. The SMILES string of the molecule is CN1CCN(c2cc(NCc3ccccn3)nc(-c3ccccc3)n2)CC1. The van der Waals surface area contributed by atoms with Crippen molar-refractivity contribution >= 4 is 11.6 Å². The molecule has 6 heteroatoms. The first-order chi connectivity index (χ1) is 13.3. The van der Waals surface area contributed by atoms with Crippen molar-refractivity contribution in [2.45, 2.75) is 6.54 Å². The van der Waals surface area contributed by atoms with Crippen LogP contribution in [0, 0.1) is 0 Å². The van der Waals surface area contributed by atoms with Crippen LogP contribution in [0.15, 0.2) is 60.8 Å². The van der Waals surface area contributed by atoms with E-state index in [1.807, 2.05) is 60.8 Å². The molecule has 1 saturated heterocycles. The lowest BCUT2D eigenvalue weighted by atomic mass is 10.2. The number of piperazine rings is 1. The Morgan fingerprint density at radius 2 is 1.70 bits per heavy atom. The normalized spacial score (nSPS) is 14.9. The molecule has 3 aromatic rings. The van der Waals surface area contributed by atoms with Gasteiger partial charge in [-0.15, -0.1) is 0 Å². The molecule has 138 valence electrons. The molecule has 1 aliphatic heterocycles. The number of pyridine rings is 1. The van der Waals surface area contributed by atoms with Crippen LogP contribution in [0.5, 0.6) is 0 Å². The largest absolute Gasteiger partial charge is 0.364 e. The molecule has 0 atom stereocenters. The van der Waals surface area contributed by atoms with Gasteiger partial charge in [0.2, 0.25) is 0 Å². The van der Waals surface area contributed by atoms with E-state index in [0.717, 1.165) is 54.9 Å².